The van der Waals surface area contributed by atoms with Crippen molar-refractivity contribution in [2.24, 2.45) is 5.73 Å². The lowest BCUT2D eigenvalue weighted by Gasteiger charge is -2.10. The molecule has 0 aliphatic rings. The molecule has 2 rings (SSSR count). The highest BCUT2D eigenvalue weighted by molar-refractivity contribution is 7.92. The van der Waals surface area contributed by atoms with E-state index in [1.165, 1.54) is 24.4 Å². The number of benzene rings is 1. The molecule has 2 aromatic rings. The third-order valence-corrected chi connectivity index (χ3v) is 4.42. The van der Waals surface area contributed by atoms with E-state index < -0.39 is 15.8 Å². The van der Waals surface area contributed by atoms with E-state index in [2.05, 4.69) is 9.82 Å². The number of halogens is 1. The molecule has 0 aliphatic heterocycles. The number of rotatable bonds is 5. The molecular weight excluding hydrogens is 295 g/mol. The molecule has 0 atom stereocenters. The van der Waals surface area contributed by atoms with Gasteiger partial charge < -0.3 is 5.73 Å². The first-order valence-corrected chi connectivity index (χ1v) is 7.88. The smallest absolute Gasteiger partial charge is 0.262 e. The molecule has 1 heterocycles. The van der Waals surface area contributed by atoms with Crippen molar-refractivity contribution in [1.29, 1.82) is 0 Å². The minimum Gasteiger partial charge on any atom is -0.326 e. The fraction of sp³-hybridized carbons (Fsp3) is 0.308. The summed E-state index contributed by atoms with van der Waals surface area (Å²) in [5.74, 6) is -0.641. The summed E-state index contributed by atoms with van der Waals surface area (Å²) in [6.45, 7) is 3.64. The van der Waals surface area contributed by atoms with Crippen molar-refractivity contribution in [2.75, 3.05) is 4.72 Å². The summed E-state index contributed by atoms with van der Waals surface area (Å²) in [4.78, 5) is -0.165. The molecule has 8 heteroatoms. The summed E-state index contributed by atoms with van der Waals surface area (Å²) in [5, 5.41) is 4.04. The van der Waals surface area contributed by atoms with E-state index >= 15 is 0 Å². The summed E-state index contributed by atoms with van der Waals surface area (Å²) in [7, 11) is -3.91. The predicted octanol–water partition coefficient (Wildman–Crippen LogP) is 1.86. The van der Waals surface area contributed by atoms with Gasteiger partial charge in [-0.15, -0.1) is 0 Å². The maximum absolute atomic E-state index is 13.6. The van der Waals surface area contributed by atoms with Crippen LogP contribution in [0.3, 0.4) is 0 Å². The summed E-state index contributed by atoms with van der Waals surface area (Å²) >= 11 is 0. The summed E-state index contributed by atoms with van der Waals surface area (Å²) < 4.78 is 42.3. The Morgan fingerprint density at radius 2 is 2.14 bits per heavy atom. The largest absolute Gasteiger partial charge is 0.326 e. The van der Waals surface area contributed by atoms with Gasteiger partial charge in [-0.3, -0.25) is 9.40 Å². The van der Waals surface area contributed by atoms with Gasteiger partial charge in [0.15, 0.2) is 0 Å². The van der Waals surface area contributed by atoms with Crippen LogP contribution in [-0.2, 0) is 16.6 Å². The number of sulfonamides is 1. The highest BCUT2D eigenvalue weighted by Crippen LogP contribution is 2.22. The Kier molecular flexibility index (Phi) is 4.29. The van der Waals surface area contributed by atoms with Crippen LogP contribution < -0.4 is 10.5 Å². The summed E-state index contributed by atoms with van der Waals surface area (Å²) in [6, 6.07) is 3.94. The Balaban J connectivity index is 2.36. The molecule has 0 aliphatic carbocycles. The molecule has 0 saturated heterocycles. The number of hydrogen-bond donors (Lipinski definition) is 2. The molecule has 1 aromatic heterocycles. The Hall–Kier alpha value is -1.93. The first-order chi connectivity index (χ1) is 9.85. The Labute approximate surface area is 122 Å². The lowest BCUT2D eigenvalue weighted by molar-refractivity contribution is 0.532. The minimum absolute atomic E-state index is 0.0405. The van der Waals surface area contributed by atoms with Gasteiger partial charge in [0.25, 0.3) is 10.0 Å². The van der Waals surface area contributed by atoms with E-state index in [-0.39, 0.29) is 23.0 Å². The lowest BCUT2D eigenvalue weighted by atomic mass is 10.2. The molecule has 0 radical (unpaired) electrons. The fourth-order valence-electron chi connectivity index (χ4n) is 1.87. The van der Waals surface area contributed by atoms with Crippen LogP contribution in [0.25, 0.3) is 0 Å². The van der Waals surface area contributed by atoms with Crippen LogP contribution in [0.4, 0.5) is 10.1 Å². The zero-order valence-corrected chi connectivity index (χ0v) is 12.6. The maximum Gasteiger partial charge on any atom is 0.262 e. The maximum atomic E-state index is 13.6. The number of hydrogen-bond acceptors (Lipinski definition) is 4. The van der Waals surface area contributed by atoms with Gasteiger partial charge in [0.2, 0.25) is 0 Å². The molecule has 0 amide bonds. The molecule has 114 valence electrons. The highest BCUT2D eigenvalue weighted by atomic mass is 32.2. The second-order valence-electron chi connectivity index (χ2n) is 4.83. The zero-order chi connectivity index (χ0) is 15.6. The highest BCUT2D eigenvalue weighted by Gasteiger charge is 2.21. The molecule has 6 nitrogen and oxygen atoms in total. The van der Waals surface area contributed by atoms with Crippen LogP contribution >= 0.6 is 0 Å². The Morgan fingerprint density at radius 3 is 2.71 bits per heavy atom. The van der Waals surface area contributed by atoms with Crippen molar-refractivity contribution in [3.8, 4) is 0 Å². The standard InChI is InChI=1S/C13H17FN4O2S/c1-9(2)18-8-10(7-16-18)17-21(19,20)13-5-3-4-12(14)11(13)6-15/h3-5,7-9,17H,6,15H2,1-2H3. The molecule has 3 N–H and O–H groups in total. The molecule has 1 aromatic carbocycles. The lowest BCUT2D eigenvalue weighted by Crippen LogP contribution is -2.17. The number of aromatic nitrogens is 2. The normalized spacial score (nSPS) is 11.9. The first kappa shape index (κ1) is 15.5. The van der Waals surface area contributed by atoms with Crippen molar-refractivity contribution in [1.82, 2.24) is 9.78 Å². The van der Waals surface area contributed by atoms with Crippen LogP contribution in [0, 0.1) is 5.82 Å². The Bertz CT molecular complexity index is 740. The van der Waals surface area contributed by atoms with E-state index in [1.807, 2.05) is 13.8 Å². The van der Waals surface area contributed by atoms with Crippen molar-refractivity contribution in [3.05, 3.63) is 42.0 Å². The van der Waals surface area contributed by atoms with Gasteiger partial charge in [-0.1, -0.05) is 6.07 Å². The van der Waals surface area contributed by atoms with Gasteiger partial charge in [-0.25, -0.2) is 12.8 Å². The third kappa shape index (κ3) is 3.22. The van der Waals surface area contributed by atoms with E-state index in [1.54, 1.807) is 10.9 Å². The average Bonchev–Trinajstić information content (AvgIpc) is 2.86. The quantitative estimate of drug-likeness (QED) is 0.882. The van der Waals surface area contributed by atoms with Crippen LogP contribution in [0.1, 0.15) is 25.5 Å². The topological polar surface area (TPSA) is 90.0 Å². The van der Waals surface area contributed by atoms with Crippen molar-refractivity contribution in [2.45, 2.75) is 31.3 Å². The van der Waals surface area contributed by atoms with E-state index in [9.17, 15) is 12.8 Å². The van der Waals surface area contributed by atoms with Crippen molar-refractivity contribution >= 4 is 15.7 Å². The van der Waals surface area contributed by atoms with Gasteiger partial charge in [-0.05, 0) is 26.0 Å². The van der Waals surface area contributed by atoms with E-state index in [0.29, 0.717) is 5.69 Å². The monoisotopic (exact) mass is 312 g/mol. The van der Waals surface area contributed by atoms with E-state index in [0.717, 1.165) is 0 Å². The van der Waals surface area contributed by atoms with Crippen molar-refractivity contribution in [3.63, 3.8) is 0 Å². The molecular formula is C13H17FN4O2S. The number of anilines is 1. The van der Waals surface area contributed by atoms with E-state index in [4.69, 9.17) is 5.73 Å². The van der Waals surface area contributed by atoms with Crippen LogP contribution in [0.2, 0.25) is 0 Å². The van der Waals surface area contributed by atoms with Gasteiger partial charge in [0, 0.05) is 24.3 Å². The van der Waals surface area contributed by atoms with Gasteiger partial charge in [0.05, 0.1) is 16.8 Å². The molecule has 0 unspecified atom stereocenters. The third-order valence-electron chi connectivity index (χ3n) is 2.95. The second-order valence-corrected chi connectivity index (χ2v) is 6.48. The summed E-state index contributed by atoms with van der Waals surface area (Å²) in [5.41, 5.74) is 5.71. The Morgan fingerprint density at radius 1 is 1.43 bits per heavy atom. The number of nitrogens with two attached hydrogens (primary N) is 1. The SMILES string of the molecule is CC(C)n1cc(NS(=O)(=O)c2cccc(F)c2CN)cn1. The summed E-state index contributed by atoms with van der Waals surface area (Å²) in [6.07, 6.45) is 2.97. The molecule has 0 saturated carbocycles. The van der Waals surface area contributed by atoms with Crippen LogP contribution in [0.15, 0.2) is 35.5 Å². The predicted molar refractivity (Wildman–Crippen MR) is 77.7 cm³/mol. The average molecular weight is 312 g/mol. The molecule has 0 spiro atoms. The molecule has 21 heavy (non-hydrogen) atoms. The number of nitrogens with one attached hydrogen (secondary N) is 1. The van der Waals surface area contributed by atoms with Crippen molar-refractivity contribution < 1.29 is 12.8 Å². The zero-order valence-electron chi connectivity index (χ0n) is 11.7. The first-order valence-electron chi connectivity index (χ1n) is 6.39. The number of nitrogens with zero attached hydrogens (tertiary/aromatic N) is 2. The van der Waals surface area contributed by atoms with Crippen LogP contribution in [0.5, 0.6) is 0 Å². The van der Waals surface area contributed by atoms with Gasteiger partial charge >= 0.3 is 0 Å². The second kappa shape index (κ2) is 5.82. The molecule has 0 bridgehead atoms. The van der Waals surface area contributed by atoms with Crippen LogP contribution in [-0.4, -0.2) is 18.2 Å². The fourth-order valence-corrected chi connectivity index (χ4v) is 3.16. The van der Waals surface area contributed by atoms with Gasteiger partial charge in [0.1, 0.15) is 5.82 Å². The van der Waals surface area contributed by atoms with Gasteiger partial charge in [-0.2, -0.15) is 5.10 Å². The minimum atomic E-state index is -3.91. The molecule has 0 fully saturated rings.